The first-order valence-corrected chi connectivity index (χ1v) is 8.95. The summed E-state index contributed by atoms with van der Waals surface area (Å²) in [5.41, 5.74) is -1.27. The van der Waals surface area contributed by atoms with Crippen molar-refractivity contribution in [1.29, 1.82) is 5.26 Å². The lowest BCUT2D eigenvalue weighted by molar-refractivity contribution is 0.0995. The number of benzene rings is 1. The monoisotopic (exact) mass is 341 g/mol. The highest BCUT2D eigenvalue weighted by Gasteiger charge is 2.36. The van der Waals surface area contributed by atoms with Crippen LogP contribution in [0.2, 0.25) is 0 Å². The number of nitriles is 1. The quantitative estimate of drug-likeness (QED) is 0.530. The fourth-order valence-corrected chi connectivity index (χ4v) is 3.54. The summed E-state index contributed by atoms with van der Waals surface area (Å²) in [6.07, 6.45) is 0. The predicted octanol–water partition coefficient (Wildman–Crippen LogP) is 2.73. The first-order valence-electron chi connectivity index (χ1n) is 6.81. The Morgan fingerprint density at radius 1 is 1.22 bits per heavy atom. The summed E-state index contributed by atoms with van der Waals surface area (Å²) in [7, 11) is 0.856. The molecule has 1 rings (SSSR count). The van der Waals surface area contributed by atoms with Crippen LogP contribution in [0.25, 0.3) is 0 Å². The van der Waals surface area contributed by atoms with E-state index in [9.17, 15) is 14.6 Å². The van der Waals surface area contributed by atoms with E-state index in [2.05, 4.69) is 0 Å². The predicted molar refractivity (Wildman–Crippen MR) is 85.0 cm³/mol. The van der Waals surface area contributed by atoms with Crippen molar-refractivity contribution in [3.63, 3.8) is 0 Å². The second kappa shape index (κ2) is 8.00. The molecule has 0 saturated heterocycles. The molecule has 23 heavy (non-hydrogen) atoms. The summed E-state index contributed by atoms with van der Waals surface area (Å²) in [5, 5.41) is 9.26. The number of hydrogen-bond donors (Lipinski definition) is 0. The third-order valence-electron chi connectivity index (χ3n) is 3.17. The van der Waals surface area contributed by atoms with Crippen LogP contribution in [0.5, 0.6) is 17.2 Å². The molecule has 0 aromatic heterocycles. The maximum absolute atomic E-state index is 12.6. The van der Waals surface area contributed by atoms with Crippen LogP contribution in [0, 0.1) is 11.3 Å². The van der Waals surface area contributed by atoms with E-state index in [4.69, 9.17) is 18.7 Å². The minimum absolute atomic E-state index is 0.132. The maximum atomic E-state index is 12.6. The zero-order chi connectivity index (χ0) is 17.6. The van der Waals surface area contributed by atoms with Gasteiger partial charge in [0.2, 0.25) is 13.1 Å². The van der Waals surface area contributed by atoms with Gasteiger partial charge in [0.1, 0.15) is 0 Å². The van der Waals surface area contributed by atoms with Gasteiger partial charge < -0.3 is 18.7 Å². The number of ketones is 1. The molecule has 0 unspecified atom stereocenters. The molecular formula is C15H20NO6P. The summed E-state index contributed by atoms with van der Waals surface area (Å²) in [4.78, 5) is 12.6. The number of hydrogen-bond acceptors (Lipinski definition) is 7. The Bertz CT molecular complexity index is 641. The summed E-state index contributed by atoms with van der Waals surface area (Å²) in [6, 6.07) is 4.61. The van der Waals surface area contributed by atoms with E-state index in [0.29, 0.717) is 5.75 Å². The van der Waals surface area contributed by atoms with Crippen LogP contribution >= 0.6 is 7.37 Å². The molecule has 126 valence electrons. The van der Waals surface area contributed by atoms with Crippen LogP contribution in [0.3, 0.4) is 0 Å². The van der Waals surface area contributed by atoms with Crippen LogP contribution in [0.15, 0.2) is 12.1 Å². The minimum atomic E-state index is -3.41. The molecule has 0 heterocycles. The van der Waals surface area contributed by atoms with Crippen molar-refractivity contribution >= 4 is 13.2 Å². The van der Waals surface area contributed by atoms with E-state index in [1.165, 1.54) is 40.1 Å². The van der Waals surface area contributed by atoms with Gasteiger partial charge >= 0.3 is 0 Å². The Kier molecular flexibility index (Phi) is 6.62. The van der Waals surface area contributed by atoms with Gasteiger partial charge in [0.25, 0.3) is 0 Å². The smallest absolute Gasteiger partial charge is 0.224 e. The number of carbonyl (C=O) groups is 1. The Morgan fingerprint density at radius 2 is 1.74 bits per heavy atom. The highest BCUT2D eigenvalue weighted by molar-refractivity contribution is 7.60. The van der Waals surface area contributed by atoms with Crippen molar-refractivity contribution in [2.24, 2.45) is 0 Å². The summed E-state index contributed by atoms with van der Waals surface area (Å²) in [5.74, 6) is 0.249. The largest absolute Gasteiger partial charge is 0.493 e. The van der Waals surface area contributed by atoms with Gasteiger partial charge in [-0.25, -0.2) is 0 Å². The Morgan fingerprint density at radius 3 is 2.09 bits per heavy atom. The van der Waals surface area contributed by atoms with E-state index in [-0.39, 0.29) is 23.7 Å². The van der Waals surface area contributed by atoms with Gasteiger partial charge in [-0.15, -0.1) is 0 Å². The average molecular weight is 341 g/mol. The lowest BCUT2D eigenvalue weighted by Crippen LogP contribution is -2.20. The second-order valence-electron chi connectivity index (χ2n) is 4.64. The van der Waals surface area contributed by atoms with E-state index in [1.807, 2.05) is 0 Å². The highest BCUT2D eigenvalue weighted by atomic mass is 31.2. The van der Waals surface area contributed by atoms with Crippen molar-refractivity contribution in [2.45, 2.75) is 12.6 Å². The van der Waals surface area contributed by atoms with Crippen LogP contribution in [-0.2, 0) is 9.09 Å². The molecule has 7 nitrogen and oxygen atoms in total. The third-order valence-corrected chi connectivity index (χ3v) is 5.23. The molecule has 0 amide bonds. The number of nitrogens with zero attached hydrogens (tertiary/aromatic N) is 1. The molecule has 0 aliphatic heterocycles. The second-order valence-corrected chi connectivity index (χ2v) is 7.23. The Labute approximate surface area is 135 Å². The number of methoxy groups -OCH3 is 3. The SMILES string of the molecule is CCO[P@@](C)(=O)[C@H](C#N)C(=O)c1cc(OC)c(OC)c(OC)c1. The topological polar surface area (TPSA) is 94.9 Å². The molecule has 0 radical (unpaired) electrons. The van der Waals surface area contributed by atoms with Gasteiger partial charge in [0.15, 0.2) is 22.9 Å². The lowest BCUT2D eigenvalue weighted by atomic mass is 10.1. The van der Waals surface area contributed by atoms with Gasteiger partial charge in [0.05, 0.1) is 34.0 Å². The molecule has 0 N–H and O–H groups in total. The van der Waals surface area contributed by atoms with Crippen molar-refractivity contribution in [2.75, 3.05) is 34.6 Å². The average Bonchev–Trinajstić information content (AvgIpc) is 2.53. The molecule has 1 aromatic carbocycles. The molecular weight excluding hydrogens is 321 g/mol. The molecule has 0 fully saturated rings. The molecule has 8 heteroatoms. The molecule has 0 spiro atoms. The van der Waals surface area contributed by atoms with Crippen molar-refractivity contribution < 1.29 is 28.1 Å². The minimum Gasteiger partial charge on any atom is -0.493 e. The standard InChI is InChI=1S/C15H20NO6P/c1-6-22-23(5,18)13(9-16)14(17)10-7-11(19-2)15(21-4)12(8-10)20-3/h7-8,13H,6H2,1-5H3/t13-,23-/m1/s1. The van der Waals surface area contributed by atoms with Crippen molar-refractivity contribution in [3.05, 3.63) is 17.7 Å². The Hall–Kier alpha value is -2.03. The van der Waals surface area contributed by atoms with E-state index in [0.717, 1.165) is 0 Å². The zero-order valence-corrected chi connectivity index (χ0v) is 14.7. The van der Waals surface area contributed by atoms with Gasteiger partial charge in [-0.3, -0.25) is 9.36 Å². The summed E-state index contributed by atoms with van der Waals surface area (Å²) < 4.78 is 33.1. The van der Waals surface area contributed by atoms with Crippen molar-refractivity contribution in [3.8, 4) is 23.3 Å². The van der Waals surface area contributed by atoms with Crippen LogP contribution < -0.4 is 14.2 Å². The summed E-state index contributed by atoms with van der Waals surface area (Å²) >= 11 is 0. The number of carbonyl (C=O) groups excluding carboxylic acids is 1. The fraction of sp³-hybridized carbons (Fsp3) is 0.467. The first-order chi connectivity index (χ1) is 10.9. The number of rotatable bonds is 8. The van der Waals surface area contributed by atoms with Gasteiger partial charge in [-0.05, 0) is 19.1 Å². The van der Waals surface area contributed by atoms with Crippen molar-refractivity contribution in [1.82, 2.24) is 0 Å². The van der Waals surface area contributed by atoms with Crippen LogP contribution in [0.4, 0.5) is 0 Å². The lowest BCUT2D eigenvalue weighted by Gasteiger charge is -2.18. The fourth-order valence-electron chi connectivity index (χ4n) is 2.09. The third kappa shape index (κ3) is 4.04. The van der Waals surface area contributed by atoms with Gasteiger partial charge in [0, 0.05) is 12.2 Å². The number of ether oxygens (including phenoxy) is 3. The normalized spacial score (nSPS) is 14.3. The van der Waals surface area contributed by atoms with E-state index < -0.39 is 18.8 Å². The van der Waals surface area contributed by atoms with Crippen LogP contribution in [0.1, 0.15) is 17.3 Å². The van der Waals surface area contributed by atoms with E-state index in [1.54, 1.807) is 13.0 Å². The van der Waals surface area contributed by atoms with Gasteiger partial charge in [-0.2, -0.15) is 5.26 Å². The molecule has 0 bridgehead atoms. The Balaban J connectivity index is 3.37. The van der Waals surface area contributed by atoms with E-state index >= 15 is 0 Å². The zero-order valence-electron chi connectivity index (χ0n) is 13.8. The number of Topliss-reactive ketones (excluding diaryl/α,β-unsaturated/α-hetero) is 1. The highest BCUT2D eigenvalue weighted by Crippen LogP contribution is 2.49. The molecule has 0 aliphatic rings. The molecule has 0 aliphatic carbocycles. The molecule has 0 saturated carbocycles. The summed E-state index contributed by atoms with van der Waals surface area (Å²) in [6.45, 7) is 3.07. The first kappa shape index (κ1) is 19.0. The van der Waals surface area contributed by atoms with Gasteiger partial charge in [-0.1, -0.05) is 0 Å². The molecule has 2 atom stereocenters. The molecule has 1 aromatic rings. The maximum Gasteiger partial charge on any atom is 0.224 e. The van der Waals surface area contributed by atoms with Crippen LogP contribution in [-0.4, -0.2) is 46.0 Å².